The highest BCUT2D eigenvalue weighted by Crippen LogP contribution is 2.43. The summed E-state index contributed by atoms with van der Waals surface area (Å²) in [6.07, 6.45) is 2.26. The molecule has 8 heteroatoms. The number of hydrogen-bond acceptors (Lipinski definition) is 6. The Kier molecular flexibility index (Phi) is 5.39. The van der Waals surface area contributed by atoms with Crippen molar-refractivity contribution in [3.63, 3.8) is 0 Å². The highest BCUT2D eigenvalue weighted by molar-refractivity contribution is 7.99. The number of carbonyl (C=O) groups is 1. The largest absolute Gasteiger partial charge is 0.489 e. The number of thioether (sulfide) groups is 1. The predicted molar refractivity (Wildman–Crippen MR) is 131 cm³/mol. The van der Waals surface area contributed by atoms with Crippen molar-refractivity contribution in [3.05, 3.63) is 77.7 Å². The van der Waals surface area contributed by atoms with Crippen molar-refractivity contribution in [3.8, 4) is 16.5 Å². The summed E-state index contributed by atoms with van der Waals surface area (Å²) >= 11 is 3.13. The van der Waals surface area contributed by atoms with Gasteiger partial charge in [-0.05, 0) is 42.0 Å². The fourth-order valence-corrected chi connectivity index (χ4v) is 5.80. The molecular weight excluding hydrogens is 452 g/mol. The molecule has 1 aliphatic heterocycles. The summed E-state index contributed by atoms with van der Waals surface area (Å²) in [5.41, 5.74) is 1.87. The highest BCUT2D eigenvalue weighted by atomic mass is 32.2. The Balaban J connectivity index is 1.28. The van der Waals surface area contributed by atoms with Gasteiger partial charge in [-0.1, -0.05) is 60.3 Å². The standard InChI is InChI=1S/C25H22N4O2S2/c30-23(16-33-25-27-26-24(22-11-6-14-32-22)28(25)18-12-13-18)29-19-9-4-5-10-21(19)31-15-20(29)17-7-2-1-3-8-17/h1-11,14,18,20H,12-13,15-16H2. The normalized spacial score (nSPS) is 17.5. The minimum Gasteiger partial charge on any atom is -0.489 e. The number of carbonyl (C=O) groups excluding carboxylic acids is 1. The Labute approximate surface area is 200 Å². The fraction of sp³-hybridized carbons (Fsp3) is 0.240. The van der Waals surface area contributed by atoms with Gasteiger partial charge in [0.05, 0.1) is 22.4 Å². The summed E-state index contributed by atoms with van der Waals surface area (Å²) in [6.45, 7) is 0.429. The number of aromatic nitrogens is 3. The first-order valence-corrected chi connectivity index (χ1v) is 12.9. The summed E-state index contributed by atoms with van der Waals surface area (Å²) in [5, 5.41) is 11.8. The lowest BCUT2D eigenvalue weighted by molar-refractivity contribution is -0.117. The number of rotatable bonds is 6. The lowest BCUT2D eigenvalue weighted by Gasteiger charge is -2.37. The number of amides is 1. The third kappa shape index (κ3) is 3.94. The van der Waals surface area contributed by atoms with E-state index in [1.807, 2.05) is 65.6 Å². The minimum atomic E-state index is -0.169. The maximum absolute atomic E-state index is 13.6. The molecule has 1 aliphatic carbocycles. The van der Waals surface area contributed by atoms with Gasteiger partial charge in [-0.2, -0.15) is 0 Å². The van der Waals surface area contributed by atoms with Crippen LogP contribution in [0.25, 0.3) is 10.7 Å². The molecule has 4 aromatic rings. The molecule has 2 aromatic heterocycles. The quantitative estimate of drug-likeness (QED) is 0.341. The zero-order chi connectivity index (χ0) is 22.2. The summed E-state index contributed by atoms with van der Waals surface area (Å²) < 4.78 is 8.23. The van der Waals surface area contributed by atoms with Crippen molar-refractivity contribution in [1.29, 1.82) is 0 Å². The van der Waals surface area contributed by atoms with Gasteiger partial charge in [0.2, 0.25) is 5.91 Å². The van der Waals surface area contributed by atoms with E-state index in [-0.39, 0.29) is 17.7 Å². The first kappa shape index (κ1) is 20.5. The van der Waals surface area contributed by atoms with Crippen molar-refractivity contribution in [2.45, 2.75) is 30.1 Å². The second-order valence-corrected chi connectivity index (χ2v) is 10.0. The van der Waals surface area contributed by atoms with Crippen LogP contribution in [0.5, 0.6) is 5.75 Å². The summed E-state index contributed by atoms with van der Waals surface area (Å²) in [7, 11) is 0. The third-order valence-electron chi connectivity index (χ3n) is 5.93. The zero-order valence-corrected chi connectivity index (χ0v) is 19.5. The van der Waals surface area contributed by atoms with Crippen molar-refractivity contribution in [2.75, 3.05) is 17.3 Å². The van der Waals surface area contributed by atoms with Crippen molar-refractivity contribution >= 4 is 34.7 Å². The minimum absolute atomic E-state index is 0.0348. The molecule has 1 unspecified atom stereocenters. The zero-order valence-electron chi connectivity index (χ0n) is 17.8. The van der Waals surface area contributed by atoms with Gasteiger partial charge in [-0.15, -0.1) is 21.5 Å². The van der Waals surface area contributed by atoms with Gasteiger partial charge in [-0.3, -0.25) is 14.3 Å². The molecule has 0 N–H and O–H groups in total. The van der Waals surface area contributed by atoms with Crippen LogP contribution in [0.1, 0.15) is 30.5 Å². The van der Waals surface area contributed by atoms with Gasteiger partial charge in [0, 0.05) is 6.04 Å². The molecular formula is C25H22N4O2S2. The first-order valence-electron chi connectivity index (χ1n) is 11.0. The van der Waals surface area contributed by atoms with Crippen LogP contribution >= 0.6 is 23.1 Å². The van der Waals surface area contributed by atoms with E-state index in [2.05, 4.69) is 26.2 Å². The van der Waals surface area contributed by atoms with Gasteiger partial charge in [-0.25, -0.2) is 0 Å². The molecule has 1 amide bonds. The van der Waals surface area contributed by atoms with Crippen molar-refractivity contribution in [1.82, 2.24) is 14.8 Å². The maximum atomic E-state index is 13.6. The van der Waals surface area contributed by atoms with E-state index in [0.717, 1.165) is 45.7 Å². The van der Waals surface area contributed by atoms with Crippen LogP contribution in [0.4, 0.5) is 5.69 Å². The van der Waals surface area contributed by atoms with Crippen LogP contribution < -0.4 is 9.64 Å². The van der Waals surface area contributed by atoms with E-state index in [1.54, 1.807) is 11.3 Å². The maximum Gasteiger partial charge on any atom is 0.238 e. The first-order chi connectivity index (χ1) is 16.3. The second-order valence-electron chi connectivity index (χ2n) is 8.14. The molecule has 0 spiro atoms. The Morgan fingerprint density at radius 2 is 1.85 bits per heavy atom. The van der Waals surface area contributed by atoms with Crippen LogP contribution in [-0.2, 0) is 4.79 Å². The van der Waals surface area contributed by atoms with Crippen molar-refractivity contribution < 1.29 is 9.53 Å². The van der Waals surface area contributed by atoms with E-state index in [4.69, 9.17) is 4.74 Å². The summed E-state index contributed by atoms with van der Waals surface area (Å²) in [6, 6.07) is 22.2. The Bertz CT molecular complexity index is 1270. The van der Waals surface area contributed by atoms with Crippen molar-refractivity contribution in [2.24, 2.45) is 0 Å². The topological polar surface area (TPSA) is 60.2 Å². The average Bonchev–Trinajstić information content (AvgIpc) is 3.38. The number of anilines is 1. The van der Waals surface area contributed by atoms with E-state index >= 15 is 0 Å². The third-order valence-corrected chi connectivity index (χ3v) is 7.72. The van der Waals surface area contributed by atoms with Crippen LogP contribution in [-0.4, -0.2) is 33.0 Å². The van der Waals surface area contributed by atoms with Crippen LogP contribution in [0, 0.1) is 0 Å². The molecule has 166 valence electrons. The molecule has 0 bridgehead atoms. The number of ether oxygens (including phenoxy) is 1. The van der Waals surface area contributed by atoms with Gasteiger partial charge in [0.25, 0.3) is 0 Å². The SMILES string of the molecule is O=C(CSc1nnc(-c2cccs2)n1C1CC1)N1c2ccccc2OCC1c1ccccc1. The molecule has 0 saturated heterocycles. The van der Waals surface area contributed by atoms with E-state index in [1.165, 1.54) is 11.8 Å². The van der Waals surface area contributed by atoms with Crippen LogP contribution in [0.3, 0.4) is 0 Å². The lowest BCUT2D eigenvalue weighted by Crippen LogP contribution is -2.42. The Hall–Kier alpha value is -3.10. The summed E-state index contributed by atoms with van der Waals surface area (Å²) in [5.74, 6) is 1.96. The molecule has 33 heavy (non-hydrogen) atoms. The molecule has 6 rings (SSSR count). The second kappa shape index (κ2) is 8.68. The van der Waals surface area contributed by atoms with E-state index < -0.39 is 0 Å². The number of thiophene rings is 1. The van der Waals surface area contributed by atoms with Gasteiger partial charge < -0.3 is 4.74 Å². The van der Waals surface area contributed by atoms with E-state index in [0.29, 0.717) is 12.6 Å². The average molecular weight is 475 g/mol. The number of hydrogen-bond donors (Lipinski definition) is 0. The molecule has 1 saturated carbocycles. The predicted octanol–water partition coefficient (Wildman–Crippen LogP) is 5.60. The molecule has 3 heterocycles. The number of fused-ring (bicyclic) bond motifs is 1. The molecule has 2 aliphatic rings. The fourth-order valence-electron chi connectivity index (χ4n) is 4.22. The lowest BCUT2D eigenvalue weighted by atomic mass is 10.0. The van der Waals surface area contributed by atoms with Crippen LogP contribution in [0.2, 0.25) is 0 Å². The molecule has 2 aromatic carbocycles. The summed E-state index contributed by atoms with van der Waals surface area (Å²) in [4.78, 5) is 16.6. The smallest absolute Gasteiger partial charge is 0.238 e. The molecule has 6 nitrogen and oxygen atoms in total. The van der Waals surface area contributed by atoms with Gasteiger partial charge in [0.1, 0.15) is 12.4 Å². The number of nitrogens with zero attached hydrogens (tertiary/aromatic N) is 4. The monoisotopic (exact) mass is 474 g/mol. The number of benzene rings is 2. The molecule has 1 atom stereocenters. The number of para-hydroxylation sites is 2. The van der Waals surface area contributed by atoms with Gasteiger partial charge >= 0.3 is 0 Å². The molecule has 1 fully saturated rings. The Morgan fingerprint density at radius 1 is 1.03 bits per heavy atom. The van der Waals surface area contributed by atoms with E-state index in [9.17, 15) is 4.79 Å². The van der Waals surface area contributed by atoms with Gasteiger partial charge in [0.15, 0.2) is 11.0 Å². The Morgan fingerprint density at radius 3 is 2.64 bits per heavy atom. The molecule has 0 radical (unpaired) electrons. The highest BCUT2D eigenvalue weighted by Gasteiger charge is 2.34. The van der Waals surface area contributed by atoms with Crippen LogP contribution in [0.15, 0.2) is 77.3 Å².